The summed E-state index contributed by atoms with van der Waals surface area (Å²) in [5, 5.41) is 3.07. The third-order valence-electron chi connectivity index (χ3n) is 3.03. The van der Waals surface area contributed by atoms with E-state index in [1.807, 2.05) is 31.2 Å². The standard InChI is InChI=1S/C16H16FN3OS/c1-11-4-2-3-5-12(11)10-15(21)19-20-16(22)18-14-8-6-13(17)7-9-14/h2-9H,10H2,1H3,(H,19,21)(H2,18,20,22). The topological polar surface area (TPSA) is 53.2 Å². The first kappa shape index (κ1) is 15.9. The maximum atomic E-state index is 12.8. The smallest absolute Gasteiger partial charge is 0.242 e. The molecule has 2 aromatic carbocycles. The molecule has 0 spiro atoms. The molecule has 3 N–H and O–H groups in total. The molecule has 0 bridgehead atoms. The highest BCUT2D eigenvalue weighted by atomic mass is 32.1. The molecule has 0 aromatic heterocycles. The van der Waals surface area contributed by atoms with Gasteiger partial charge < -0.3 is 5.32 Å². The Morgan fingerprint density at radius 3 is 2.45 bits per heavy atom. The predicted octanol–water partition coefficient (Wildman–Crippen LogP) is 2.69. The van der Waals surface area contributed by atoms with Crippen LogP contribution in [0.25, 0.3) is 0 Å². The van der Waals surface area contributed by atoms with E-state index in [9.17, 15) is 9.18 Å². The first-order valence-electron chi connectivity index (χ1n) is 6.70. The summed E-state index contributed by atoms with van der Waals surface area (Å²) in [5.41, 5.74) is 7.78. The molecule has 0 atom stereocenters. The molecule has 0 fully saturated rings. The van der Waals surface area contributed by atoms with Gasteiger partial charge in [-0.2, -0.15) is 0 Å². The number of amides is 1. The molecule has 114 valence electrons. The van der Waals surface area contributed by atoms with Crippen molar-refractivity contribution in [3.63, 3.8) is 0 Å². The van der Waals surface area contributed by atoms with E-state index in [4.69, 9.17) is 12.2 Å². The van der Waals surface area contributed by atoms with Gasteiger partial charge in [0.1, 0.15) is 5.82 Å². The van der Waals surface area contributed by atoms with Crippen LogP contribution in [0.15, 0.2) is 48.5 Å². The molecule has 0 aliphatic carbocycles. The molecule has 2 aromatic rings. The lowest BCUT2D eigenvalue weighted by Crippen LogP contribution is -2.44. The minimum absolute atomic E-state index is 0.197. The van der Waals surface area contributed by atoms with Crippen LogP contribution in [0.5, 0.6) is 0 Å². The van der Waals surface area contributed by atoms with Crippen molar-refractivity contribution in [1.29, 1.82) is 0 Å². The van der Waals surface area contributed by atoms with E-state index in [1.165, 1.54) is 12.1 Å². The summed E-state index contributed by atoms with van der Waals surface area (Å²) < 4.78 is 12.8. The van der Waals surface area contributed by atoms with E-state index in [1.54, 1.807) is 12.1 Å². The molecule has 0 radical (unpaired) electrons. The largest absolute Gasteiger partial charge is 0.331 e. The SMILES string of the molecule is Cc1ccccc1CC(=O)NNC(=S)Nc1ccc(F)cc1. The van der Waals surface area contributed by atoms with Gasteiger partial charge in [0.2, 0.25) is 5.91 Å². The highest BCUT2D eigenvalue weighted by Gasteiger charge is 2.06. The third kappa shape index (κ3) is 4.82. The average Bonchev–Trinajstić information content (AvgIpc) is 2.50. The second kappa shape index (κ2) is 7.51. The summed E-state index contributed by atoms with van der Waals surface area (Å²) in [7, 11) is 0. The lowest BCUT2D eigenvalue weighted by atomic mass is 10.1. The molecule has 0 saturated carbocycles. The van der Waals surface area contributed by atoms with E-state index < -0.39 is 0 Å². The molecule has 0 saturated heterocycles. The first-order chi connectivity index (χ1) is 10.5. The fourth-order valence-electron chi connectivity index (χ4n) is 1.85. The van der Waals surface area contributed by atoms with Crippen molar-refractivity contribution in [3.05, 3.63) is 65.5 Å². The zero-order chi connectivity index (χ0) is 15.9. The van der Waals surface area contributed by atoms with Gasteiger partial charge in [0.15, 0.2) is 5.11 Å². The molecular weight excluding hydrogens is 301 g/mol. The van der Waals surface area contributed by atoms with Crippen LogP contribution in [0.3, 0.4) is 0 Å². The van der Waals surface area contributed by atoms with Crippen molar-refractivity contribution in [2.75, 3.05) is 5.32 Å². The van der Waals surface area contributed by atoms with Gasteiger partial charge in [-0.3, -0.25) is 15.6 Å². The van der Waals surface area contributed by atoms with E-state index >= 15 is 0 Å². The quantitative estimate of drug-likeness (QED) is 0.602. The second-order valence-electron chi connectivity index (χ2n) is 4.74. The number of aryl methyl sites for hydroxylation is 1. The van der Waals surface area contributed by atoms with Crippen molar-refractivity contribution in [3.8, 4) is 0 Å². The molecule has 0 unspecified atom stereocenters. The summed E-state index contributed by atoms with van der Waals surface area (Å²) in [4.78, 5) is 11.9. The Morgan fingerprint density at radius 1 is 1.09 bits per heavy atom. The Bertz CT molecular complexity index is 673. The number of halogens is 1. The highest BCUT2D eigenvalue weighted by molar-refractivity contribution is 7.80. The second-order valence-corrected chi connectivity index (χ2v) is 5.15. The van der Waals surface area contributed by atoms with Crippen LogP contribution in [0, 0.1) is 12.7 Å². The zero-order valence-electron chi connectivity index (χ0n) is 12.0. The summed E-state index contributed by atoms with van der Waals surface area (Å²) in [5.74, 6) is -0.520. The molecule has 22 heavy (non-hydrogen) atoms. The fourth-order valence-corrected chi connectivity index (χ4v) is 2.02. The Morgan fingerprint density at radius 2 is 1.77 bits per heavy atom. The monoisotopic (exact) mass is 317 g/mol. The van der Waals surface area contributed by atoms with Crippen molar-refractivity contribution >= 4 is 28.9 Å². The van der Waals surface area contributed by atoms with Crippen molar-refractivity contribution in [2.45, 2.75) is 13.3 Å². The van der Waals surface area contributed by atoms with E-state index in [-0.39, 0.29) is 23.3 Å². The van der Waals surface area contributed by atoms with Crippen LogP contribution in [0.2, 0.25) is 0 Å². The number of rotatable bonds is 3. The number of carbonyl (C=O) groups excluding carboxylic acids is 1. The molecule has 0 heterocycles. The van der Waals surface area contributed by atoms with Crippen molar-refractivity contribution in [2.24, 2.45) is 0 Å². The van der Waals surface area contributed by atoms with Crippen LogP contribution in [-0.4, -0.2) is 11.0 Å². The van der Waals surface area contributed by atoms with Crippen LogP contribution in [-0.2, 0) is 11.2 Å². The maximum Gasteiger partial charge on any atom is 0.242 e. The van der Waals surface area contributed by atoms with Crippen LogP contribution in [0.1, 0.15) is 11.1 Å². The normalized spacial score (nSPS) is 9.91. The molecule has 6 heteroatoms. The average molecular weight is 317 g/mol. The lowest BCUT2D eigenvalue weighted by Gasteiger charge is -2.12. The molecule has 0 aliphatic heterocycles. The Kier molecular flexibility index (Phi) is 5.43. The third-order valence-corrected chi connectivity index (χ3v) is 3.23. The lowest BCUT2D eigenvalue weighted by molar-refractivity contribution is -0.121. The molecule has 2 rings (SSSR count). The number of hydrogen-bond acceptors (Lipinski definition) is 2. The number of hydrogen-bond donors (Lipinski definition) is 3. The van der Waals surface area contributed by atoms with Gasteiger partial charge >= 0.3 is 0 Å². The van der Waals surface area contributed by atoms with Crippen LogP contribution in [0.4, 0.5) is 10.1 Å². The molecule has 1 amide bonds. The fraction of sp³-hybridized carbons (Fsp3) is 0.125. The predicted molar refractivity (Wildman–Crippen MR) is 88.8 cm³/mol. The van der Waals surface area contributed by atoms with Crippen LogP contribution >= 0.6 is 12.2 Å². The number of benzene rings is 2. The van der Waals surface area contributed by atoms with Gasteiger partial charge in [0.05, 0.1) is 6.42 Å². The Hall–Kier alpha value is -2.47. The molecular formula is C16H16FN3OS. The Labute approximate surface area is 133 Å². The number of hydrazine groups is 1. The van der Waals surface area contributed by atoms with Gasteiger partial charge in [-0.25, -0.2) is 4.39 Å². The molecule has 4 nitrogen and oxygen atoms in total. The van der Waals surface area contributed by atoms with Crippen molar-refractivity contribution < 1.29 is 9.18 Å². The van der Waals surface area contributed by atoms with Crippen molar-refractivity contribution in [1.82, 2.24) is 10.9 Å². The summed E-state index contributed by atoms with van der Waals surface area (Å²) in [6, 6.07) is 13.4. The van der Waals surface area contributed by atoms with Crippen LogP contribution < -0.4 is 16.2 Å². The van der Waals surface area contributed by atoms with E-state index in [2.05, 4.69) is 16.2 Å². The molecule has 0 aliphatic rings. The van der Waals surface area contributed by atoms with E-state index in [0.29, 0.717) is 5.69 Å². The summed E-state index contributed by atoms with van der Waals surface area (Å²) in [6.07, 6.45) is 0.263. The Balaban J connectivity index is 1.79. The minimum Gasteiger partial charge on any atom is -0.331 e. The number of thiocarbonyl (C=S) groups is 1. The highest BCUT2D eigenvalue weighted by Crippen LogP contribution is 2.08. The van der Waals surface area contributed by atoms with Gasteiger partial charge in [-0.05, 0) is 54.5 Å². The maximum absolute atomic E-state index is 12.8. The summed E-state index contributed by atoms with van der Waals surface area (Å²) >= 11 is 5.05. The van der Waals surface area contributed by atoms with E-state index in [0.717, 1.165) is 11.1 Å². The zero-order valence-corrected chi connectivity index (χ0v) is 12.8. The first-order valence-corrected chi connectivity index (χ1v) is 7.11. The minimum atomic E-state index is -0.323. The van der Waals surface area contributed by atoms with Gasteiger partial charge in [-0.15, -0.1) is 0 Å². The van der Waals surface area contributed by atoms with Gasteiger partial charge in [0.25, 0.3) is 0 Å². The van der Waals surface area contributed by atoms with Gasteiger partial charge in [0, 0.05) is 5.69 Å². The number of nitrogens with one attached hydrogen (secondary N) is 3. The number of carbonyl (C=O) groups is 1. The van der Waals surface area contributed by atoms with Gasteiger partial charge in [-0.1, -0.05) is 24.3 Å². The summed E-state index contributed by atoms with van der Waals surface area (Å²) in [6.45, 7) is 1.96. The number of anilines is 1.